The summed E-state index contributed by atoms with van der Waals surface area (Å²) in [6.45, 7) is 2.75. The molecule has 2 aromatic rings. The van der Waals surface area contributed by atoms with Crippen LogP contribution in [0.25, 0.3) is 0 Å². The predicted octanol–water partition coefficient (Wildman–Crippen LogP) is 1.68. The average molecular weight is 202 g/mol. The zero-order chi connectivity index (χ0) is 10.7. The van der Waals surface area contributed by atoms with Crippen LogP contribution in [-0.4, -0.2) is 21.8 Å². The molecule has 0 aliphatic heterocycles. The quantitative estimate of drug-likeness (QED) is 0.823. The van der Waals surface area contributed by atoms with Crippen molar-refractivity contribution in [2.45, 2.75) is 13.5 Å². The fourth-order valence-corrected chi connectivity index (χ4v) is 1.40. The molecule has 0 saturated heterocycles. The Labute approximate surface area is 89.0 Å². The first kappa shape index (κ1) is 9.71. The molecule has 0 radical (unpaired) electrons. The van der Waals surface area contributed by atoms with Crippen molar-refractivity contribution in [3.8, 4) is 0 Å². The number of aryl methyl sites for hydroxylation is 1. The highest BCUT2D eigenvalue weighted by atomic mass is 15.3. The summed E-state index contributed by atoms with van der Waals surface area (Å²) < 4.78 is 1.91. The van der Waals surface area contributed by atoms with Crippen LogP contribution in [0.2, 0.25) is 0 Å². The molecule has 0 aliphatic carbocycles. The van der Waals surface area contributed by atoms with Crippen molar-refractivity contribution in [3.63, 3.8) is 0 Å². The number of hydrogen-bond acceptors (Lipinski definition) is 3. The molecule has 0 bridgehead atoms. The Balaban J connectivity index is 2.11. The van der Waals surface area contributed by atoms with Gasteiger partial charge < -0.3 is 5.32 Å². The third-order valence-electron chi connectivity index (χ3n) is 2.20. The molecule has 0 atom stereocenters. The average Bonchev–Trinajstić information content (AvgIpc) is 2.65. The second kappa shape index (κ2) is 4.13. The number of pyridine rings is 1. The van der Waals surface area contributed by atoms with Crippen molar-refractivity contribution in [3.05, 3.63) is 41.9 Å². The molecule has 15 heavy (non-hydrogen) atoms. The molecule has 0 fully saturated rings. The maximum Gasteiger partial charge on any atom is 0.125 e. The first-order valence-corrected chi connectivity index (χ1v) is 4.90. The number of nitrogens with zero attached hydrogens (tertiary/aromatic N) is 3. The van der Waals surface area contributed by atoms with E-state index in [0.29, 0.717) is 0 Å². The van der Waals surface area contributed by atoms with Crippen LogP contribution in [0.15, 0.2) is 30.6 Å². The largest absolute Gasteiger partial charge is 0.373 e. The lowest BCUT2D eigenvalue weighted by Gasteiger charge is -2.03. The molecule has 1 N–H and O–H groups in total. The van der Waals surface area contributed by atoms with Gasteiger partial charge in [0.15, 0.2) is 0 Å². The fraction of sp³-hybridized carbons (Fsp3) is 0.273. The Morgan fingerprint density at radius 3 is 2.73 bits per heavy atom. The van der Waals surface area contributed by atoms with E-state index in [1.54, 1.807) is 0 Å². The van der Waals surface area contributed by atoms with Crippen molar-refractivity contribution >= 4 is 5.82 Å². The Hall–Kier alpha value is -1.84. The second-order valence-corrected chi connectivity index (χ2v) is 3.46. The lowest BCUT2D eigenvalue weighted by atomic mass is 10.3. The Bertz CT molecular complexity index is 430. The SMILES string of the molecule is CNc1ccc(Cn2ccc(C)n2)cn1. The molecule has 0 amide bonds. The van der Waals surface area contributed by atoms with E-state index >= 15 is 0 Å². The minimum absolute atomic E-state index is 0.769. The van der Waals surface area contributed by atoms with Gasteiger partial charge in [-0.05, 0) is 24.6 Å². The maximum atomic E-state index is 4.32. The summed E-state index contributed by atoms with van der Waals surface area (Å²) >= 11 is 0. The zero-order valence-electron chi connectivity index (χ0n) is 8.94. The molecule has 2 heterocycles. The Morgan fingerprint density at radius 2 is 2.20 bits per heavy atom. The van der Waals surface area contributed by atoms with Gasteiger partial charge >= 0.3 is 0 Å². The predicted molar refractivity (Wildman–Crippen MR) is 59.8 cm³/mol. The Morgan fingerprint density at radius 1 is 1.33 bits per heavy atom. The van der Waals surface area contributed by atoms with Gasteiger partial charge in [0, 0.05) is 19.4 Å². The van der Waals surface area contributed by atoms with Gasteiger partial charge in [0.1, 0.15) is 5.82 Å². The number of anilines is 1. The van der Waals surface area contributed by atoms with E-state index in [0.717, 1.165) is 23.6 Å². The van der Waals surface area contributed by atoms with Crippen molar-refractivity contribution in [2.75, 3.05) is 12.4 Å². The summed E-state index contributed by atoms with van der Waals surface area (Å²) in [7, 11) is 1.86. The molecule has 0 unspecified atom stereocenters. The highest BCUT2D eigenvalue weighted by Crippen LogP contribution is 2.05. The molecule has 4 heteroatoms. The molecular weight excluding hydrogens is 188 g/mol. The summed E-state index contributed by atoms with van der Waals surface area (Å²) in [6.07, 6.45) is 3.84. The smallest absolute Gasteiger partial charge is 0.125 e. The van der Waals surface area contributed by atoms with E-state index in [4.69, 9.17) is 0 Å². The van der Waals surface area contributed by atoms with Gasteiger partial charge in [0.05, 0.1) is 12.2 Å². The minimum Gasteiger partial charge on any atom is -0.373 e. The number of hydrogen-bond donors (Lipinski definition) is 1. The summed E-state index contributed by atoms with van der Waals surface area (Å²) in [4.78, 5) is 4.25. The van der Waals surface area contributed by atoms with Gasteiger partial charge in [0.2, 0.25) is 0 Å². The van der Waals surface area contributed by atoms with Crippen LogP contribution in [-0.2, 0) is 6.54 Å². The third-order valence-corrected chi connectivity index (χ3v) is 2.20. The summed E-state index contributed by atoms with van der Waals surface area (Å²) in [5, 5.41) is 7.31. The molecule has 2 aromatic heterocycles. The number of nitrogens with one attached hydrogen (secondary N) is 1. The van der Waals surface area contributed by atoms with Gasteiger partial charge in [0.25, 0.3) is 0 Å². The van der Waals surface area contributed by atoms with Crippen LogP contribution in [0.1, 0.15) is 11.3 Å². The lowest BCUT2D eigenvalue weighted by Crippen LogP contribution is -2.01. The third kappa shape index (κ3) is 2.34. The zero-order valence-corrected chi connectivity index (χ0v) is 8.94. The molecule has 78 valence electrons. The molecule has 0 spiro atoms. The molecule has 4 nitrogen and oxygen atoms in total. The lowest BCUT2D eigenvalue weighted by molar-refractivity contribution is 0.678. The van der Waals surface area contributed by atoms with Crippen molar-refractivity contribution in [1.29, 1.82) is 0 Å². The van der Waals surface area contributed by atoms with Crippen LogP contribution in [0.3, 0.4) is 0 Å². The summed E-state index contributed by atoms with van der Waals surface area (Å²) in [5.74, 6) is 0.885. The van der Waals surface area contributed by atoms with E-state index in [-0.39, 0.29) is 0 Å². The van der Waals surface area contributed by atoms with E-state index < -0.39 is 0 Å². The van der Waals surface area contributed by atoms with Crippen LogP contribution in [0, 0.1) is 6.92 Å². The van der Waals surface area contributed by atoms with Gasteiger partial charge in [-0.3, -0.25) is 4.68 Å². The summed E-state index contributed by atoms with van der Waals surface area (Å²) in [5.41, 5.74) is 2.19. The van der Waals surface area contributed by atoms with Crippen molar-refractivity contribution in [2.24, 2.45) is 0 Å². The van der Waals surface area contributed by atoms with E-state index in [9.17, 15) is 0 Å². The van der Waals surface area contributed by atoms with E-state index in [1.165, 1.54) is 0 Å². The van der Waals surface area contributed by atoms with Gasteiger partial charge in [-0.1, -0.05) is 6.07 Å². The first-order chi connectivity index (χ1) is 7.28. The molecular formula is C11H14N4. The van der Waals surface area contributed by atoms with Crippen molar-refractivity contribution < 1.29 is 0 Å². The van der Waals surface area contributed by atoms with Gasteiger partial charge in [-0.2, -0.15) is 5.10 Å². The van der Waals surface area contributed by atoms with E-state index in [1.807, 2.05) is 43.2 Å². The van der Waals surface area contributed by atoms with E-state index in [2.05, 4.69) is 21.5 Å². The Kier molecular flexibility index (Phi) is 2.67. The van der Waals surface area contributed by atoms with Crippen LogP contribution < -0.4 is 5.32 Å². The maximum absolute atomic E-state index is 4.32. The molecule has 0 aromatic carbocycles. The minimum atomic E-state index is 0.769. The highest BCUT2D eigenvalue weighted by molar-refractivity contribution is 5.34. The normalized spacial score (nSPS) is 10.3. The molecule has 2 rings (SSSR count). The summed E-state index contributed by atoms with van der Waals surface area (Å²) in [6, 6.07) is 6.01. The highest BCUT2D eigenvalue weighted by Gasteiger charge is 1.97. The van der Waals surface area contributed by atoms with Crippen LogP contribution in [0.5, 0.6) is 0 Å². The van der Waals surface area contributed by atoms with Gasteiger partial charge in [-0.25, -0.2) is 4.98 Å². The topological polar surface area (TPSA) is 42.7 Å². The second-order valence-electron chi connectivity index (χ2n) is 3.46. The van der Waals surface area contributed by atoms with Crippen LogP contribution >= 0.6 is 0 Å². The molecule has 0 aliphatic rings. The van der Waals surface area contributed by atoms with Crippen LogP contribution in [0.4, 0.5) is 5.82 Å². The van der Waals surface area contributed by atoms with Crippen molar-refractivity contribution in [1.82, 2.24) is 14.8 Å². The number of aromatic nitrogens is 3. The number of rotatable bonds is 3. The monoisotopic (exact) mass is 202 g/mol. The first-order valence-electron chi connectivity index (χ1n) is 4.90. The fourth-order valence-electron chi connectivity index (χ4n) is 1.40. The molecule has 0 saturated carbocycles. The standard InChI is InChI=1S/C11H14N4/c1-9-5-6-15(14-9)8-10-3-4-11(12-2)13-7-10/h3-7H,8H2,1-2H3,(H,12,13). The van der Waals surface area contributed by atoms with Gasteiger partial charge in [-0.15, -0.1) is 0 Å².